The number of carboxylic acids is 1. The maximum Gasteiger partial charge on any atom is 0.355 e. The van der Waals surface area contributed by atoms with E-state index in [0.29, 0.717) is 10.2 Å². The lowest BCUT2D eigenvalue weighted by atomic mass is 10.3. The summed E-state index contributed by atoms with van der Waals surface area (Å²) in [5.74, 6) is -1.17. The minimum atomic E-state index is -1.17. The van der Waals surface area contributed by atoms with Crippen LogP contribution in [0.3, 0.4) is 0 Å². The van der Waals surface area contributed by atoms with Gasteiger partial charge in [0.05, 0.1) is 16.3 Å². The van der Waals surface area contributed by atoms with Crippen molar-refractivity contribution in [3.05, 3.63) is 21.4 Å². The SMILES string of the molecule is CC(O)CNc1cc(Cl)nc(C(=O)O)c1Br. The number of aliphatic hydroxyl groups is 1. The van der Waals surface area contributed by atoms with E-state index >= 15 is 0 Å². The second-order valence-corrected chi connectivity index (χ2v) is 4.37. The molecular formula is C9H10BrClN2O3. The van der Waals surface area contributed by atoms with Gasteiger partial charge in [0.2, 0.25) is 0 Å². The van der Waals surface area contributed by atoms with Crippen LogP contribution in [0, 0.1) is 0 Å². The molecule has 1 unspecified atom stereocenters. The first-order valence-corrected chi connectivity index (χ1v) is 5.60. The molecule has 1 rings (SSSR count). The Morgan fingerprint density at radius 3 is 2.88 bits per heavy atom. The summed E-state index contributed by atoms with van der Waals surface area (Å²) in [6, 6.07) is 1.49. The van der Waals surface area contributed by atoms with Crippen LogP contribution in [0.2, 0.25) is 5.15 Å². The predicted molar refractivity (Wildman–Crippen MR) is 64.1 cm³/mol. The number of hydrogen-bond acceptors (Lipinski definition) is 4. The Bertz CT molecular complexity index is 412. The van der Waals surface area contributed by atoms with Crippen LogP contribution in [-0.2, 0) is 0 Å². The smallest absolute Gasteiger partial charge is 0.355 e. The molecule has 88 valence electrons. The fourth-order valence-corrected chi connectivity index (χ4v) is 1.73. The first kappa shape index (κ1) is 13.2. The molecule has 0 spiro atoms. The molecule has 0 fully saturated rings. The molecule has 16 heavy (non-hydrogen) atoms. The highest BCUT2D eigenvalue weighted by atomic mass is 79.9. The molecule has 5 nitrogen and oxygen atoms in total. The molecule has 0 aliphatic carbocycles. The second-order valence-electron chi connectivity index (χ2n) is 3.19. The minimum Gasteiger partial charge on any atom is -0.476 e. The molecule has 0 aliphatic heterocycles. The van der Waals surface area contributed by atoms with Gasteiger partial charge in [-0.25, -0.2) is 9.78 Å². The summed E-state index contributed by atoms with van der Waals surface area (Å²) in [6.07, 6.45) is -0.549. The van der Waals surface area contributed by atoms with Crippen LogP contribution in [0.15, 0.2) is 10.5 Å². The number of pyridine rings is 1. The van der Waals surface area contributed by atoms with Gasteiger partial charge in [-0.3, -0.25) is 0 Å². The Morgan fingerprint density at radius 1 is 1.75 bits per heavy atom. The molecule has 0 aliphatic rings. The number of carbonyl (C=O) groups is 1. The van der Waals surface area contributed by atoms with Gasteiger partial charge in [0, 0.05) is 6.54 Å². The number of nitrogens with zero attached hydrogens (tertiary/aromatic N) is 1. The number of halogens is 2. The van der Waals surface area contributed by atoms with E-state index in [-0.39, 0.29) is 17.4 Å². The van der Waals surface area contributed by atoms with E-state index < -0.39 is 12.1 Å². The largest absolute Gasteiger partial charge is 0.476 e. The Kier molecular flexibility index (Phi) is 4.52. The molecule has 0 aromatic carbocycles. The van der Waals surface area contributed by atoms with E-state index in [1.165, 1.54) is 6.07 Å². The van der Waals surface area contributed by atoms with Gasteiger partial charge < -0.3 is 15.5 Å². The molecule has 3 N–H and O–H groups in total. The van der Waals surface area contributed by atoms with Crippen molar-refractivity contribution in [3.8, 4) is 0 Å². The van der Waals surface area contributed by atoms with E-state index in [1.807, 2.05) is 0 Å². The maximum atomic E-state index is 10.8. The van der Waals surface area contributed by atoms with Gasteiger partial charge in [-0.05, 0) is 28.9 Å². The summed E-state index contributed by atoms with van der Waals surface area (Å²) in [5, 5.41) is 20.9. The monoisotopic (exact) mass is 308 g/mol. The van der Waals surface area contributed by atoms with Crippen LogP contribution in [-0.4, -0.2) is 33.8 Å². The number of anilines is 1. The van der Waals surface area contributed by atoms with Crippen LogP contribution in [0.25, 0.3) is 0 Å². The first-order chi connectivity index (χ1) is 7.41. The third-order valence-electron chi connectivity index (χ3n) is 1.72. The highest BCUT2D eigenvalue weighted by Gasteiger charge is 2.15. The Balaban J connectivity index is 3.04. The van der Waals surface area contributed by atoms with Crippen molar-refractivity contribution in [3.63, 3.8) is 0 Å². The topological polar surface area (TPSA) is 82.5 Å². The number of hydrogen-bond donors (Lipinski definition) is 3. The number of aromatic carboxylic acids is 1. The molecule has 1 aromatic heterocycles. The summed E-state index contributed by atoms with van der Waals surface area (Å²) < 4.78 is 0.310. The lowest BCUT2D eigenvalue weighted by molar-refractivity contribution is 0.0689. The Labute approximate surface area is 106 Å². The normalized spacial score (nSPS) is 12.2. The molecule has 1 atom stereocenters. The molecule has 1 aromatic rings. The molecule has 0 bridgehead atoms. The zero-order valence-corrected chi connectivity index (χ0v) is 10.7. The molecule has 0 radical (unpaired) electrons. The van der Waals surface area contributed by atoms with E-state index in [0.717, 1.165) is 0 Å². The third kappa shape index (κ3) is 3.33. The minimum absolute atomic E-state index is 0.0775. The van der Waals surface area contributed by atoms with Crippen molar-refractivity contribution in [1.29, 1.82) is 0 Å². The first-order valence-electron chi connectivity index (χ1n) is 4.43. The van der Waals surface area contributed by atoms with Crippen molar-refractivity contribution < 1.29 is 15.0 Å². The number of aromatic nitrogens is 1. The highest BCUT2D eigenvalue weighted by Crippen LogP contribution is 2.28. The molecule has 0 amide bonds. The Hall–Kier alpha value is -0.850. The quantitative estimate of drug-likeness (QED) is 0.741. The zero-order chi connectivity index (χ0) is 12.3. The molecule has 0 saturated heterocycles. The van der Waals surface area contributed by atoms with Crippen molar-refractivity contribution in [2.45, 2.75) is 13.0 Å². The number of carboxylic acid groups (broad SMARTS) is 1. The van der Waals surface area contributed by atoms with E-state index in [4.69, 9.17) is 21.8 Å². The van der Waals surface area contributed by atoms with Crippen molar-refractivity contribution in [2.24, 2.45) is 0 Å². The average molecular weight is 310 g/mol. The zero-order valence-electron chi connectivity index (χ0n) is 8.37. The van der Waals surface area contributed by atoms with Crippen LogP contribution in [0.4, 0.5) is 5.69 Å². The van der Waals surface area contributed by atoms with Crippen LogP contribution < -0.4 is 5.32 Å². The van der Waals surface area contributed by atoms with Gasteiger partial charge in [0.25, 0.3) is 0 Å². The number of rotatable bonds is 4. The van der Waals surface area contributed by atoms with E-state index in [1.54, 1.807) is 6.92 Å². The molecular weight excluding hydrogens is 299 g/mol. The van der Waals surface area contributed by atoms with E-state index in [9.17, 15) is 4.79 Å². The summed E-state index contributed by atoms with van der Waals surface area (Å²) in [6.45, 7) is 1.90. The highest BCUT2D eigenvalue weighted by molar-refractivity contribution is 9.10. The lowest BCUT2D eigenvalue weighted by Gasteiger charge is -2.11. The fraction of sp³-hybridized carbons (Fsp3) is 0.333. The van der Waals surface area contributed by atoms with Gasteiger partial charge in [-0.2, -0.15) is 0 Å². The van der Waals surface area contributed by atoms with Crippen LogP contribution in [0.5, 0.6) is 0 Å². The summed E-state index contributed by atoms with van der Waals surface area (Å²) >= 11 is 8.80. The fourth-order valence-electron chi connectivity index (χ4n) is 1.03. The van der Waals surface area contributed by atoms with Crippen molar-refractivity contribution in [2.75, 3.05) is 11.9 Å². The summed E-state index contributed by atoms with van der Waals surface area (Å²) in [4.78, 5) is 14.5. The molecule has 7 heteroatoms. The third-order valence-corrected chi connectivity index (χ3v) is 2.71. The van der Waals surface area contributed by atoms with Gasteiger partial charge in [0.15, 0.2) is 5.69 Å². The second kappa shape index (κ2) is 5.47. The number of nitrogens with one attached hydrogen (secondary N) is 1. The van der Waals surface area contributed by atoms with Gasteiger partial charge in [0.1, 0.15) is 5.15 Å². The summed E-state index contributed by atoms with van der Waals surface area (Å²) in [5.41, 5.74) is 0.318. The van der Waals surface area contributed by atoms with E-state index in [2.05, 4.69) is 26.2 Å². The average Bonchev–Trinajstić information content (AvgIpc) is 2.18. The van der Waals surface area contributed by atoms with Crippen LogP contribution in [0.1, 0.15) is 17.4 Å². The van der Waals surface area contributed by atoms with Gasteiger partial charge in [-0.15, -0.1) is 0 Å². The molecule has 0 saturated carbocycles. The van der Waals surface area contributed by atoms with Crippen molar-refractivity contribution >= 4 is 39.2 Å². The summed E-state index contributed by atoms with van der Waals surface area (Å²) in [7, 11) is 0. The van der Waals surface area contributed by atoms with Crippen molar-refractivity contribution in [1.82, 2.24) is 4.98 Å². The predicted octanol–water partition coefficient (Wildman–Crippen LogP) is 1.99. The lowest BCUT2D eigenvalue weighted by Crippen LogP contribution is -2.16. The van der Waals surface area contributed by atoms with Gasteiger partial charge in [-0.1, -0.05) is 11.6 Å². The maximum absolute atomic E-state index is 10.8. The number of aliphatic hydroxyl groups excluding tert-OH is 1. The standard InChI is InChI=1S/C9H10BrClN2O3/c1-4(14)3-12-5-2-6(11)13-8(7(5)10)9(15)16/h2,4,14H,3H2,1H3,(H,12,13)(H,15,16). The van der Waals surface area contributed by atoms with Crippen LogP contribution >= 0.6 is 27.5 Å². The molecule has 1 heterocycles. The Morgan fingerprint density at radius 2 is 2.38 bits per heavy atom. The van der Waals surface area contributed by atoms with Gasteiger partial charge >= 0.3 is 5.97 Å².